The second kappa shape index (κ2) is 7.83. The molecule has 5 heteroatoms. The first-order chi connectivity index (χ1) is 11.4. The summed E-state index contributed by atoms with van der Waals surface area (Å²) >= 11 is 0. The first kappa shape index (κ1) is 20.9. The van der Waals surface area contributed by atoms with Crippen LogP contribution in [0.3, 0.4) is 0 Å². The summed E-state index contributed by atoms with van der Waals surface area (Å²) in [5, 5.41) is 0. The minimum atomic E-state index is -0.573. The van der Waals surface area contributed by atoms with E-state index in [0.29, 0.717) is 29.2 Å². The fourth-order valence-corrected chi connectivity index (χ4v) is 2.93. The van der Waals surface area contributed by atoms with Crippen molar-refractivity contribution >= 4 is 12.3 Å². The number of methoxy groups -OCH3 is 1. The SMILES string of the molecule is C=CC(=O)Oc1c(CN(C(C)(C)C)C(C)(C)C)cc(C=O)cc1OC. The Labute approximate surface area is 150 Å². The summed E-state index contributed by atoms with van der Waals surface area (Å²) in [6, 6.07) is 3.28. The lowest BCUT2D eigenvalue weighted by atomic mass is 9.94. The van der Waals surface area contributed by atoms with E-state index >= 15 is 0 Å². The maximum atomic E-state index is 11.8. The highest BCUT2D eigenvalue weighted by Crippen LogP contribution is 2.36. The molecular formula is C20H29NO4. The highest BCUT2D eigenvalue weighted by molar-refractivity contribution is 5.85. The molecule has 0 spiro atoms. The summed E-state index contributed by atoms with van der Waals surface area (Å²) in [4.78, 5) is 25.3. The predicted octanol–water partition coefficient (Wildman–Crippen LogP) is 4.00. The Morgan fingerprint density at radius 1 is 1.16 bits per heavy atom. The molecule has 25 heavy (non-hydrogen) atoms. The van der Waals surface area contributed by atoms with Gasteiger partial charge in [0.25, 0.3) is 0 Å². The molecule has 0 heterocycles. The third-order valence-electron chi connectivity index (χ3n) is 3.83. The van der Waals surface area contributed by atoms with E-state index in [1.165, 1.54) is 7.11 Å². The highest BCUT2D eigenvalue weighted by atomic mass is 16.6. The molecule has 1 aromatic rings. The number of hydrogen-bond acceptors (Lipinski definition) is 5. The summed E-state index contributed by atoms with van der Waals surface area (Å²) in [6.07, 6.45) is 1.85. The molecule has 0 aliphatic rings. The van der Waals surface area contributed by atoms with Crippen LogP contribution in [0.4, 0.5) is 0 Å². The summed E-state index contributed by atoms with van der Waals surface area (Å²) < 4.78 is 10.8. The molecule has 0 amide bonds. The van der Waals surface area contributed by atoms with Gasteiger partial charge in [0.15, 0.2) is 11.5 Å². The first-order valence-corrected chi connectivity index (χ1v) is 8.22. The Morgan fingerprint density at radius 3 is 2.12 bits per heavy atom. The van der Waals surface area contributed by atoms with Gasteiger partial charge >= 0.3 is 5.97 Å². The van der Waals surface area contributed by atoms with E-state index in [9.17, 15) is 9.59 Å². The van der Waals surface area contributed by atoms with Crippen molar-refractivity contribution in [1.82, 2.24) is 4.90 Å². The van der Waals surface area contributed by atoms with Crippen molar-refractivity contribution in [3.05, 3.63) is 35.9 Å². The Morgan fingerprint density at radius 2 is 1.72 bits per heavy atom. The number of hydrogen-bond donors (Lipinski definition) is 0. The van der Waals surface area contributed by atoms with Gasteiger partial charge in [-0.25, -0.2) is 4.79 Å². The summed E-state index contributed by atoms with van der Waals surface area (Å²) in [5.41, 5.74) is 0.902. The molecule has 0 aromatic heterocycles. The molecule has 0 saturated carbocycles. The molecule has 1 aromatic carbocycles. The van der Waals surface area contributed by atoms with Crippen LogP contribution in [0.15, 0.2) is 24.8 Å². The number of aldehydes is 1. The Balaban J connectivity index is 3.51. The van der Waals surface area contributed by atoms with Crippen LogP contribution < -0.4 is 9.47 Å². The van der Waals surface area contributed by atoms with Crippen LogP contribution in [-0.2, 0) is 11.3 Å². The van der Waals surface area contributed by atoms with Gasteiger partial charge in [-0.1, -0.05) is 6.58 Å². The minimum Gasteiger partial charge on any atom is -0.493 e. The van der Waals surface area contributed by atoms with Crippen LogP contribution in [0.5, 0.6) is 11.5 Å². The van der Waals surface area contributed by atoms with Crippen LogP contribution >= 0.6 is 0 Å². The lowest BCUT2D eigenvalue weighted by Crippen LogP contribution is -2.51. The monoisotopic (exact) mass is 347 g/mol. The van der Waals surface area contributed by atoms with Crippen LogP contribution in [0.25, 0.3) is 0 Å². The molecular weight excluding hydrogens is 318 g/mol. The Bertz CT molecular complexity index is 637. The number of carbonyl (C=O) groups excluding carboxylic acids is 2. The molecule has 0 aliphatic carbocycles. The Hall–Kier alpha value is -2.14. The van der Waals surface area contributed by atoms with Gasteiger partial charge < -0.3 is 9.47 Å². The molecule has 0 aliphatic heterocycles. The summed E-state index contributed by atoms with van der Waals surface area (Å²) in [7, 11) is 1.48. The van der Waals surface area contributed by atoms with Crippen LogP contribution in [0.2, 0.25) is 0 Å². The summed E-state index contributed by atoms with van der Waals surface area (Å²) in [5.74, 6) is 0.0885. The van der Waals surface area contributed by atoms with Crippen LogP contribution in [0, 0.1) is 0 Å². The molecule has 0 N–H and O–H groups in total. The normalized spacial score (nSPS) is 12.0. The average Bonchev–Trinajstić information content (AvgIpc) is 2.50. The third-order valence-corrected chi connectivity index (χ3v) is 3.83. The lowest BCUT2D eigenvalue weighted by molar-refractivity contribution is -0.129. The number of ether oxygens (including phenoxy) is 2. The number of carbonyl (C=O) groups is 2. The summed E-state index contributed by atoms with van der Waals surface area (Å²) in [6.45, 7) is 16.6. The zero-order chi connectivity index (χ0) is 19.4. The molecule has 138 valence electrons. The fourth-order valence-electron chi connectivity index (χ4n) is 2.93. The largest absolute Gasteiger partial charge is 0.493 e. The molecule has 0 fully saturated rings. The second-order valence-electron chi connectivity index (χ2n) is 7.88. The van der Waals surface area contributed by atoms with Gasteiger partial charge in [0.05, 0.1) is 7.11 Å². The average molecular weight is 347 g/mol. The van der Waals surface area contributed by atoms with E-state index in [1.54, 1.807) is 12.1 Å². The zero-order valence-electron chi connectivity index (χ0n) is 16.3. The molecule has 0 unspecified atom stereocenters. The molecule has 0 atom stereocenters. The van der Waals surface area contributed by atoms with Gasteiger partial charge in [0.2, 0.25) is 0 Å². The maximum absolute atomic E-state index is 11.8. The van der Waals surface area contributed by atoms with Crippen molar-refractivity contribution in [1.29, 1.82) is 0 Å². The lowest BCUT2D eigenvalue weighted by Gasteiger charge is -2.45. The van der Waals surface area contributed by atoms with E-state index in [4.69, 9.17) is 9.47 Å². The smallest absolute Gasteiger partial charge is 0.335 e. The predicted molar refractivity (Wildman–Crippen MR) is 99.3 cm³/mol. The molecule has 0 bridgehead atoms. The number of benzene rings is 1. The zero-order valence-corrected chi connectivity index (χ0v) is 16.3. The van der Waals surface area contributed by atoms with E-state index in [1.807, 2.05) is 0 Å². The fraction of sp³-hybridized carbons (Fsp3) is 0.500. The van der Waals surface area contributed by atoms with Gasteiger partial charge in [-0.05, 0) is 53.7 Å². The van der Waals surface area contributed by atoms with Crippen molar-refractivity contribution in [3.63, 3.8) is 0 Å². The van der Waals surface area contributed by atoms with E-state index in [0.717, 1.165) is 12.4 Å². The van der Waals surface area contributed by atoms with Gasteiger partial charge in [-0.15, -0.1) is 0 Å². The Kier molecular flexibility index (Phi) is 6.54. The van der Waals surface area contributed by atoms with Crippen molar-refractivity contribution in [2.24, 2.45) is 0 Å². The van der Waals surface area contributed by atoms with Crippen LogP contribution in [0.1, 0.15) is 57.5 Å². The topological polar surface area (TPSA) is 55.8 Å². The standard InChI is InChI=1S/C20H29NO4/c1-9-17(23)25-18-15(10-14(13-22)11-16(18)24-8)12-21(19(2,3)4)20(5,6)7/h9-11,13H,1,12H2,2-8H3. The molecule has 0 saturated heterocycles. The number of rotatable bonds is 6. The van der Waals surface area contributed by atoms with Gasteiger partial charge in [-0.2, -0.15) is 0 Å². The van der Waals surface area contributed by atoms with E-state index in [-0.39, 0.29) is 11.1 Å². The van der Waals surface area contributed by atoms with Crippen molar-refractivity contribution in [2.75, 3.05) is 7.11 Å². The number of nitrogens with zero attached hydrogens (tertiary/aromatic N) is 1. The first-order valence-electron chi connectivity index (χ1n) is 8.22. The third kappa shape index (κ3) is 5.43. The van der Waals surface area contributed by atoms with E-state index in [2.05, 4.69) is 53.0 Å². The number of esters is 1. The quantitative estimate of drug-likeness (QED) is 0.337. The van der Waals surface area contributed by atoms with Crippen molar-refractivity contribution in [2.45, 2.75) is 59.2 Å². The van der Waals surface area contributed by atoms with E-state index < -0.39 is 5.97 Å². The molecule has 0 radical (unpaired) electrons. The molecule has 1 rings (SSSR count). The minimum absolute atomic E-state index is 0.137. The highest BCUT2D eigenvalue weighted by Gasteiger charge is 2.32. The van der Waals surface area contributed by atoms with Gasteiger partial charge in [0, 0.05) is 34.8 Å². The second-order valence-corrected chi connectivity index (χ2v) is 7.88. The molecule has 5 nitrogen and oxygen atoms in total. The van der Waals surface area contributed by atoms with Crippen LogP contribution in [-0.4, -0.2) is 35.3 Å². The van der Waals surface area contributed by atoms with Crippen molar-refractivity contribution < 1.29 is 19.1 Å². The maximum Gasteiger partial charge on any atom is 0.335 e. The van der Waals surface area contributed by atoms with Crippen molar-refractivity contribution in [3.8, 4) is 11.5 Å². The van der Waals surface area contributed by atoms with Gasteiger partial charge in [-0.3, -0.25) is 9.69 Å². The van der Waals surface area contributed by atoms with Gasteiger partial charge in [0.1, 0.15) is 6.29 Å².